The lowest BCUT2D eigenvalue weighted by Gasteiger charge is -2.09. The fraction of sp³-hybridized carbons (Fsp3) is 0.0588. The van der Waals surface area contributed by atoms with E-state index in [1.165, 1.54) is 11.3 Å². The standard InChI is InChI=1S/C17H13N3O2S/c18-16(22)15(21)14-13(10-6-2-1-3-7-10)19-17-20(14)11-8-4-5-9-12(11)23-17/h1-9,15,21H,(H2,18,22). The van der Waals surface area contributed by atoms with Gasteiger partial charge >= 0.3 is 0 Å². The maximum Gasteiger partial charge on any atom is 0.252 e. The van der Waals surface area contributed by atoms with E-state index in [9.17, 15) is 9.90 Å². The largest absolute Gasteiger partial charge is 0.377 e. The van der Waals surface area contributed by atoms with Crippen LogP contribution in [0.1, 0.15) is 11.8 Å². The molecule has 3 N–H and O–H groups in total. The molecule has 0 saturated heterocycles. The number of hydrogen-bond donors (Lipinski definition) is 2. The highest BCUT2D eigenvalue weighted by molar-refractivity contribution is 7.23. The Kier molecular flexibility index (Phi) is 3.14. The van der Waals surface area contributed by atoms with Crippen molar-refractivity contribution < 1.29 is 9.90 Å². The summed E-state index contributed by atoms with van der Waals surface area (Å²) in [7, 11) is 0. The van der Waals surface area contributed by atoms with Crippen LogP contribution >= 0.6 is 11.3 Å². The Morgan fingerprint density at radius 1 is 1.13 bits per heavy atom. The molecular weight excluding hydrogens is 310 g/mol. The number of nitrogens with two attached hydrogens (primary N) is 1. The number of primary amides is 1. The second-order valence-electron chi connectivity index (χ2n) is 5.20. The molecule has 0 bridgehead atoms. The van der Waals surface area contributed by atoms with E-state index in [4.69, 9.17) is 5.73 Å². The maximum absolute atomic E-state index is 11.6. The highest BCUT2D eigenvalue weighted by Gasteiger charge is 2.26. The van der Waals surface area contributed by atoms with Crippen molar-refractivity contribution in [1.82, 2.24) is 9.38 Å². The molecule has 4 aromatic rings. The number of aliphatic hydroxyl groups excluding tert-OH is 1. The molecule has 2 aromatic carbocycles. The molecule has 0 aliphatic carbocycles. The number of hydrogen-bond acceptors (Lipinski definition) is 4. The quantitative estimate of drug-likeness (QED) is 0.608. The number of nitrogens with zero attached hydrogens (tertiary/aromatic N) is 2. The van der Waals surface area contributed by atoms with E-state index in [1.807, 2.05) is 59.0 Å². The number of carbonyl (C=O) groups is 1. The van der Waals surface area contributed by atoms with E-state index in [0.717, 1.165) is 20.7 Å². The van der Waals surface area contributed by atoms with Gasteiger partial charge < -0.3 is 10.8 Å². The van der Waals surface area contributed by atoms with Gasteiger partial charge in [-0.2, -0.15) is 0 Å². The maximum atomic E-state index is 11.6. The highest BCUT2D eigenvalue weighted by Crippen LogP contribution is 2.35. The number of para-hydroxylation sites is 1. The fourth-order valence-electron chi connectivity index (χ4n) is 2.73. The second kappa shape index (κ2) is 5.19. The van der Waals surface area contributed by atoms with Crippen LogP contribution in [0.25, 0.3) is 26.4 Å². The van der Waals surface area contributed by atoms with Crippen LogP contribution in [0.5, 0.6) is 0 Å². The number of fused-ring (bicyclic) bond motifs is 3. The van der Waals surface area contributed by atoms with E-state index >= 15 is 0 Å². The van der Waals surface area contributed by atoms with Gasteiger partial charge in [-0.1, -0.05) is 53.8 Å². The fourth-order valence-corrected chi connectivity index (χ4v) is 3.77. The summed E-state index contributed by atoms with van der Waals surface area (Å²) in [5.41, 5.74) is 8.08. The Hall–Kier alpha value is -2.70. The van der Waals surface area contributed by atoms with E-state index in [2.05, 4.69) is 4.98 Å². The van der Waals surface area contributed by atoms with Gasteiger partial charge in [0.05, 0.1) is 21.6 Å². The van der Waals surface area contributed by atoms with Crippen molar-refractivity contribution in [1.29, 1.82) is 0 Å². The molecule has 1 amide bonds. The summed E-state index contributed by atoms with van der Waals surface area (Å²) >= 11 is 1.51. The molecular formula is C17H13N3O2S. The van der Waals surface area contributed by atoms with E-state index in [1.54, 1.807) is 0 Å². The van der Waals surface area contributed by atoms with Crippen LogP contribution in [0.2, 0.25) is 0 Å². The molecule has 0 aliphatic heterocycles. The number of aliphatic hydroxyl groups is 1. The number of benzene rings is 2. The molecule has 0 aliphatic rings. The monoisotopic (exact) mass is 323 g/mol. The minimum Gasteiger partial charge on any atom is -0.377 e. The number of amides is 1. The molecule has 5 nitrogen and oxygen atoms in total. The Balaban J connectivity index is 2.11. The lowest BCUT2D eigenvalue weighted by atomic mass is 10.1. The van der Waals surface area contributed by atoms with Crippen LogP contribution in [-0.4, -0.2) is 20.4 Å². The Morgan fingerprint density at radius 2 is 1.83 bits per heavy atom. The van der Waals surface area contributed by atoms with Crippen molar-refractivity contribution in [2.24, 2.45) is 5.73 Å². The van der Waals surface area contributed by atoms with Crippen molar-refractivity contribution in [3.05, 3.63) is 60.3 Å². The normalized spacial score (nSPS) is 12.7. The predicted molar refractivity (Wildman–Crippen MR) is 90.2 cm³/mol. The van der Waals surface area contributed by atoms with Crippen LogP contribution in [0.4, 0.5) is 0 Å². The number of thiazole rings is 1. The van der Waals surface area contributed by atoms with Gasteiger partial charge in [0.1, 0.15) is 0 Å². The smallest absolute Gasteiger partial charge is 0.252 e. The first-order chi connectivity index (χ1) is 11.2. The van der Waals surface area contributed by atoms with E-state index < -0.39 is 12.0 Å². The molecule has 2 heterocycles. The van der Waals surface area contributed by atoms with Crippen LogP contribution < -0.4 is 5.73 Å². The number of aromatic nitrogens is 2. The van der Waals surface area contributed by atoms with Crippen LogP contribution in [0.15, 0.2) is 54.6 Å². The topological polar surface area (TPSA) is 80.6 Å². The summed E-state index contributed by atoms with van der Waals surface area (Å²) in [4.78, 5) is 17.0. The number of imidazole rings is 1. The first-order valence-corrected chi connectivity index (χ1v) is 7.91. The van der Waals surface area contributed by atoms with Crippen molar-refractivity contribution in [2.75, 3.05) is 0 Å². The van der Waals surface area contributed by atoms with Gasteiger partial charge in [-0.3, -0.25) is 9.20 Å². The molecule has 6 heteroatoms. The zero-order valence-corrected chi connectivity index (χ0v) is 12.8. The minimum atomic E-state index is -1.42. The number of carbonyl (C=O) groups excluding carboxylic acids is 1. The predicted octanol–water partition coefficient (Wildman–Crippen LogP) is 2.73. The van der Waals surface area contributed by atoms with Gasteiger partial charge in [0.2, 0.25) is 0 Å². The van der Waals surface area contributed by atoms with E-state index in [0.29, 0.717) is 11.4 Å². The van der Waals surface area contributed by atoms with Gasteiger partial charge in [0, 0.05) is 5.56 Å². The van der Waals surface area contributed by atoms with Gasteiger partial charge in [0.25, 0.3) is 5.91 Å². The minimum absolute atomic E-state index is 0.413. The summed E-state index contributed by atoms with van der Waals surface area (Å²) in [6, 6.07) is 17.3. The van der Waals surface area contributed by atoms with Crippen LogP contribution in [-0.2, 0) is 4.79 Å². The zero-order chi connectivity index (χ0) is 16.0. The van der Waals surface area contributed by atoms with Crippen molar-refractivity contribution in [3.63, 3.8) is 0 Å². The van der Waals surface area contributed by atoms with Crippen molar-refractivity contribution in [2.45, 2.75) is 6.10 Å². The average molecular weight is 323 g/mol. The Morgan fingerprint density at radius 3 is 2.57 bits per heavy atom. The van der Waals surface area contributed by atoms with Crippen molar-refractivity contribution in [3.8, 4) is 11.3 Å². The van der Waals surface area contributed by atoms with Gasteiger partial charge in [-0.05, 0) is 12.1 Å². The zero-order valence-electron chi connectivity index (χ0n) is 12.0. The summed E-state index contributed by atoms with van der Waals surface area (Å²) in [5.74, 6) is -0.792. The molecule has 0 fully saturated rings. The molecule has 0 spiro atoms. The Labute approximate surface area is 135 Å². The molecule has 4 rings (SSSR count). The molecule has 1 atom stereocenters. The van der Waals surface area contributed by atoms with Gasteiger partial charge in [0.15, 0.2) is 11.1 Å². The summed E-state index contributed by atoms with van der Waals surface area (Å²) < 4.78 is 2.85. The summed E-state index contributed by atoms with van der Waals surface area (Å²) in [6.45, 7) is 0. The van der Waals surface area contributed by atoms with E-state index in [-0.39, 0.29) is 0 Å². The first-order valence-electron chi connectivity index (χ1n) is 7.09. The van der Waals surface area contributed by atoms with Crippen molar-refractivity contribution >= 4 is 32.4 Å². The average Bonchev–Trinajstić information content (AvgIpc) is 3.10. The Bertz CT molecular complexity index is 1020. The molecule has 23 heavy (non-hydrogen) atoms. The lowest BCUT2D eigenvalue weighted by Crippen LogP contribution is -2.22. The third-order valence-electron chi connectivity index (χ3n) is 3.77. The van der Waals surface area contributed by atoms with Crippen LogP contribution in [0.3, 0.4) is 0 Å². The highest BCUT2D eigenvalue weighted by atomic mass is 32.1. The third kappa shape index (κ3) is 2.11. The van der Waals surface area contributed by atoms with Gasteiger partial charge in [-0.25, -0.2) is 4.98 Å². The summed E-state index contributed by atoms with van der Waals surface area (Å²) in [5, 5.41) is 10.4. The number of rotatable bonds is 3. The summed E-state index contributed by atoms with van der Waals surface area (Å²) in [6.07, 6.45) is -1.42. The third-order valence-corrected chi connectivity index (χ3v) is 4.79. The molecule has 0 saturated carbocycles. The van der Waals surface area contributed by atoms with Gasteiger partial charge in [-0.15, -0.1) is 0 Å². The molecule has 1 unspecified atom stereocenters. The van der Waals surface area contributed by atoms with Crippen LogP contribution in [0, 0.1) is 0 Å². The second-order valence-corrected chi connectivity index (χ2v) is 6.21. The lowest BCUT2D eigenvalue weighted by molar-refractivity contribution is -0.126. The SMILES string of the molecule is NC(=O)C(O)c1c(-c2ccccc2)nc2sc3ccccc3n12. The molecule has 114 valence electrons. The first kappa shape index (κ1) is 13.9. The molecule has 2 aromatic heterocycles. The molecule has 0 radical (unpaired) electrons.